The molecule has 0 unspecified atom stereocenters. The molecule has 1 aliphatic rings. The zero-order valence-electron chi connectivity index (χ0n) is 15.8. The second-order valence-electron chi connectivity index (χ2n) is 7.08. The van der Waals surface area contributed by atoms with Crippen molar-refractivity contribution in [3.8, 4) is 0 Å². The van der Waals surface area contributed by atoms with E-state index in [2.05, 4.69) is 14.9 Å². The first-order chi connectivity index (χ1) is 14.3. The van der Waals surface area contributed by atoms with Crippen molar-refractivity contribution in [1.29, 1.82) is 0 Å². The first kappa shape index (κ1) is 19.6. The van der Waals surface area contributed by atoms with Crippen molar-refractivity contribution in [2.45, 2.75) is 4.90 Å². The summed E-state index contributed by atoms with van der Waals surface area (Å²) in [6.07, 6.45) is 1.19. The molecule has 2 aromatic heterocycles. The molecule has 4 aromatic rings. The largest absolute Gasteiger partial charge is 0.345 e. The molecule has 6 nitrogen and oxygen atoms in total. The second-order valence-corrected chi connectivity index (χ2v) is 11.1. The maximum Gasteiger partial charge on any atom is 0.186 e. The first-order valence-corrected chi connectivity index (χ1v) is 12.7. The van der Waals surface area contributed by atoms with Gasteiger partial charge in [-0.05, 0) is 18.2 Å². The van der Waals surface area contributed by atoms with Crippen molar-refractivity contribution in [1.82, 2.24) is 9.97 Å². The molecule has 1 saturated heterocycles. The zero-order chi connectivity index (χ0) is 21.0. The van der Waals surface area contributed by atoms with Gasteiger partial charge in [0.15, 0.2) is 25.9 Å². The number of hydrogen-bond donors (Lipinski definition) is 0. The van der Waals surface area contributed by atoms with Gasteiger partial charge in [0.2, 0.25) is 0 Å². The van der Waals surface area contributed by atoms with E-state index >= 15 is 0 Å². The molecule has 0 saturated carbocycles. The van der Waals surface area contributed by atoms with Crippen LogP contribution in [-0.4, -0.2) is 50.8 Å². The van der Waals surface area contributed by atoms with E-state index in [9.17, 15) is 17.2 Å². The van der Waals surface area contributed by atoms with Crippen LogP contribution in [0, 0.1) is 11.6 Å². The average Bonchev–Trinajstić information content (AvgIpc) is 3.31. The van der Waals surface area contributed by atoms with E-state index in [1.807, 2.05) is 11.0 Å². The van der Waals surface area contributed by atoms with Gasteiger partial charge in [0.1, 0.15) is 16.9 Å². The summed E-state index contributed by atoms with van der Waals surface area (Å²) in [6, 6.07) is 7.33. The number of rotatable bonds is 3. The minimum atomic E-state index is -3.36. The summed E-state index contributed by atoms with van der Waals surface area (Å²) in [5.41, 5.74) is 0.699. The molecule has 11 heteroatoms. The number of nitrogens with zero attached hydrogens (tertiary/aromatic N) is 4. The maximum absolute atomic E-state index is 14.0. The average molecular weight is 467 g/mol. The van der Waals surface area contributed by atoms with Crippen LogP contribution in [0.2, 0.25) is 0 Å². The molecule has 0 aliphatic carbocycles. The zero-order valence-corrected chi connectivity index (χ0v) is 18.3. The van der Waals surface area contributed by atoms with Crippen molar-refractivity contribution < 1.29 is 17.2 Å². The molecule has 0 N–H and O–H groups in total. The Morgan fingerprint density at radius 3 is 2.13 bits per heavy atom. The van der Waals surface area contributed by atoms with E-state index in [0.717, 1.165) is 15.9 Å². The van der Waals surface area contributed by atoms with E-state index < -0.39 is 21.5 Å². The van der Waals surface area contributed by atoms with Crippen molar-refractivity contribution >= 4 is 63.2 Å². The van der Waals surface area contributed by atoms with Gasteiger partial charge in [-0.2, -0.15) is 0 Å². The van der Waals surface area contributed by atoms with Gasteiger partial charge in [-0.25, -0.2) is 27.2 Å². The van der Waals surface area contributed by atoms with Crippen LogP contribution in [0.4, 0.5) is 19.0 Å². The highest BCUT2D eigenvalue weighted by Gasteiger charge is 2.24. The molecule has 30 heavy (non-hydrogen) atoms. The molecular formula is C19H16F2N4O2S3. The molecule has 0 spiro atoms. The molecule has 2 aromatic carbocycles. The monoisotopic (exact) mass is 466 g/mol. The Balaban J connectivity index is 1.38. The van der Waals surface area contributed by atoms with E-state index in [1.54, 1.807) is 12.1 Å². The predicted molar refractivity (Wildman–Crippen MR) is 117 cm³/mol. The van der Waals surface area contributed by atoms with E-state index in [-0.39, 0.29) is 10.4 Å². The summed E-state index contributed by atoms with van der Waals surface area (Å²) in [6.45, 7) is 2.64. The molecule has 0 radical (unpaired) electrons. The van der Waals surface area contributed by atoms with Gasteiger partial charge in [-0.15, -0.1) is 0 Å². The fourth-order valence-electron chi connectivity index (χ4n) is 3.52. The topological polar surface area (TPSA) is 66.4 Å². The van der Waals surface area contributed by atoms with Gasteiger partial charge >= 0.3 is 0 Å². The number of fused-ring (bicyclic) bond motifs is 2. The van der Waals surface area contributed by atoms with E-state index in [0.29, 0.717) is 41.5 Å². The summed E-state index contributed by atoms with van der Waals surface area (Å²) < 4.78 is 52.8. The van der Waals surface area contributed by atoms with Crippen LogP contribution in [0.25, 0.3) is 20.4 Å². The Morgan fingerprint density at radius 2 is 1.50 bits per heavy atom. The summed E-state index contributed by atoms with van der Waals surface area (Å²) in [4.78, 5) is 13.4. The fourth-order valence-corrected chi connectivity index (χ4v) is 6.51. The lowest BCUT2D eigenvalue weighted by molar-refractivity contribution is 0.590. The Morgan fingerprint density at radius 1 is 0.900 bits per heavy atom. The third-order valence-corrected chi connectivity index (χ3v) is 8.27. The number of para-hydroxylation sites is 1. The van der Waals surface area contributed by atoms with E-state index in [1.165, 1.54) is 35.0 Å². The Hall–Kier alpha value is -2.37. The number of piperazine rings is 1. The van der Waals surface area contributed by atoms with Crippen molar-refractivity contribution in [3.63, 3.8) is 0 Å². The van der Waals surface area contributed by atoms with Crippen molar-refractivity contribution in [2.75, 3.05) is 42.2 Å². The highest BCUT2D eigenvalue weighted by atomic mass is 32.2. The first-order valence-electron chi connectivity index (χ1n) is 9.15. The predicted octanol–water partition coefficient (Wildman–Crippen LogP) is 3.91. The van der Waals surface area contributed by atoms with Crippen molar-refractivity contribution in [2.24, 2.45) is 0 Å². The quantitative estimate of drug-likeness (QED) is 0.456. The summed E-state index contributed by atoms with van der Waals surface area (Å²) in [7, 11) is -3.36. The van der Waals surface area contributed by atoms with Gasteiger partial charge in [0, 0.05) is 38.5 Å². The molecule has 1 fully saturated rings. The van der Waals surface area contributed by atoms with E-state index in [4.69, 9.17) is 0 Å². The molecule has 0 bridgehead atoms. The number of halogens is 2. The summed E-state index contributed by atoms with van der Waals surface area (Å²) in [5.74, 6) is -1.26. The van der Waals surface area contributed by atoms with Gasteiger partial charge < -0.3 is 9.80 Å². The normalized spacial score (nSPS) is 15.4. The number of aromatic nitrogens is 2. The lowest BCUT2D eigenvalue weighted by Crippen LogP contribution is -2.46. The third-order valence-electron chi connectivity index (χ3n) is 4.99. The lowest BCUT2D eigenvalue weighted by Gasteiger charge is -2.34. The number of sulfone groups is 1. The van der Waals surface area contributed by atoms with Crippen LogP contribution in [0.15, 0.2) is 35.2 Å². The van der Waals surface area contributed by atoms with Crippen LogP contribution in [0.1, 0.15) is 0 Å². The Kier molecular flexibility index (Phi) is 4.64. The SMILES string of the molecule is CS(=O)(=O)c1cccc2sc(N3CCN(c4nc5c(F)cc(F)cc5s4)CC3)nc12. The minimum absolute atomic E-state index is 0.193. The van der Waals surface area contributed by atoms with Crippen LogP contribution in [0.5, 0.6) is 0 Å². The molecule has 1 aliphatic heterocycles. The fraction of sp³-hybridized carbons (Fsp3) is 0.263. The second kappa shape index (κ2) is 7.10. The molecule has 5 rings (SSSR count). The van der Waals surface area contributed by atoms with Crippen LogP contribution < -0.4 is 9.80 Å². The Labute approximate surface area is 179 Å². The summed E-state index contributed by atoms with van der Waals surface area (Å²) >= 11 is 2.74. The maximum atomic E-state index is 14.0. The van der Waals surface area contributed by atoms with Gasteiger partial charge in [-0.3, -0.25) is 0 Å². The van der Waals surface area contributed by atoms with Crippen LogP contribution in [0.3, 0.4) is 0 Å². The molecule has 0 amide bonds. The third kappa shape index (κ3) is 3.40. The number of hydrogen-bond acceptors (Lipinski definition) is 8. The lowest BCUT2D eigenvalue weighted by atomic mass is 10.3. The van der Waals surface area contributed by atoms with Gasteiger partial charge in [0.25, 0.3) is 0 Å². The molecule has 0 atom stereocenters. The molecule has 3 heterocycles. The summed E-state index contributed by atoms with van der Waals surface area (Å²) in [5, 5.41) is 1.44. The van der Waals surface area contributed by atoms with Gasteiger partial charge in [0.05, 0.1) is 14.3 Å². The minimum Gasteiger partial charge on any atom is -0.345 e. The van der Waals surface area contributed by atoms with Crippen LogP contribution in [-0.2, 0) is 9.84 Å². The van der Waals surface area contributed by atoms with Gasteiger partial charge in [-0.1, -0.05) is 28.7 Å². The number of thiazole rings is 2. The molecule has 156 valence electrons. The highest BCUT2D eigenvalue weighted by molar-refractivity contribution is 7.91. The van der Waals surface area contributed by atoms with Crippen LogP contribution >= 0.6 is 22.7 Å². The smallest absolute Gasteiger partial charge is 0.186 e. The number of benzene rings is 2. The Bertz CT molecular complexity index is 1380. The highest BCUT2D eigenvalue weighted by Crippen LogP contribution is 2.35. The van der Waals surface area contributed by atoms with Crippen molar-refractivity contribution in [3.05, 3.63) is 42.0 Å². The standard InChI is InChI=1S/C19H16F2N4O2S3/c1-30(26,27)15-4-2-3-13-17(15)23-19(28-13)25-7-5-24(6-8-25)18-22-16-12(21)9-11(20)10-14(16)29-18/h2-4,9-10H,5-8H2,1H3. The molecular weight excluding hydrogens is 450 g/mol. The number of anilines is 2.